The van der Waals surface area contributed by atoms with Gasteiger partial charge < -0.3 is 10.0 Å². The van der Waals surface area contributed by atoms with Crippen LogP contribution in [0.5, 0.6) is 0 Å². The van der Waals surface area contributed by atoms with Crippen LogP contribution in [0.15, 0.2) is 91.0 Å². The molecule has 5 rings (SSSR count). The molecular formula is C31H34N2O3. The van der Waals surface area contributed by atoms with Crippen LogP contribution in [0.1, 0.15) is 54.2 Å². The van der Waals surface area contributed by atoms with Crippen LogP contribution in [-0.2, 0) is 9.59 Å². The normalized spacial score (nSPS) is 22.9. The summed E-state index contributed by atoms with van der Waals surface area (Å²) in [5.74, 6) is -1.07. The van der Waals surface area contributed by atoms with Crippen molar-refractivity contribution in [3.8, 4) is 0 Å². The molecule has 2 aliphatic rings. The van der Waals surface area contributed by atoms with Gasteiger partial charge in [0.05, 0.1) is 5.92 Å². The van der Waals surface area contributed by atoms with Crippen molar-refractivity contribution in [3.05, 3.63) is 108 Å². The highest BCUT2D eigenvalue weighted by Gasteiger charge is 2.41. The number of carboxylic acid groups (broad SMARTS) is 1. The molecule has 0 radical (unpaired) electrons. The van der Waals surface area contributed by atoms with E-state index in [9.17, 15) is 14.7 Å². The lowest BCUT2D eigenvalue weighted by Gasteiger charge is -2.45. The molecule has 0 bridgehead atoms. The first kappa shape index (κ1) is 24.3. The molecule has 2 fully saturated rings. The van der Waals surface area contributed by atoms with Crippen LogP contribution < -0.4 is 0 Å². The van der Waals surface area contributed by atoms with E-state index in [4.69, 9.17) is 0 Å². The van der Waals surface area contributed by atoms with Crippen molar-refractivity contribution >= 4 is 11.9 Å². The minimum Gasteiger partial charge on any atom is -0.480 e. The molecule has 0 spiro atoms. The molecule has 1 amide bonds. The fraction of sp³-hybridized carbons (Fsp3) is 0.355. The van der Waals surface area contributed by atoms with Gasteiger partial charge in [-0.15, -0.1) is 0 Å². The predicted molar refractivity (Wildman–Crippen MR) is 141 cm³/mol. The van der Waals surface area contributed by atoms with E-state index in [-0.39, 0.29) is 11.9 Å². The second-order valence-corrected chi connectivity index (χ2v) is 10.1. The molecule has 5 nitrogen and oxygen atoms in total. The van der Waals surface area contributed by atoms with Gasteiger partial charge in [0.25, 0.3) is 0 Å². The van der Waals surface area contributed by atoms with Crippen LogP contribution in [0.25, 0.3) is 0 Å². The zero-order chi connectivity index (χ0) is 24.9. The Morgan fingerprint density at radius 3 is 1.94 bits per heavy atom. The number of piperidine rings is 2. The molecule has 0 aliphatic carbocycles. The third-order valence-corrected chi connectivity index (χ3v) is 7.90. The van der Waals surface area contributed by atoms with E-state index in [1.54, 1.807) is 4.90 Å². The largest absolute Gasteiger partial charge is 0.480 e. The second-order valence-electron chi connectivity index (χ2n) is 10.1. The zero-order valence-electron chi connectivity index (χ0n) is 20.6. The van der Waals surface area contributed by atoms with E-state index in [0.29, 0.717) is 18.9 Å². The average molecular weight is 483 g/mol. The Balaban J connectivity index is 1.35. The van der Waals surface area contributed by atoms with E-state index >= 15 is 0 Å². The van der Waals surface area contributed by atoms with Crippen LogP contribution in [-0.4, -0.2) is 58.5 Å². The molecule has 3 aromatic carbocycles. The van der Waals surface area contributed by atoms with Crippen molar-refractivity contribution in [2.24, 2.45) is 0 Å². The lowest BCUT2D eigenvalue weighted by atomic mass is 9.86. The minimum absolute atomic E-state index is 0.126. The molecule has 2 heterocycles. The number of hydrogen-bond donors (Lipinski definition) is 1. The van der Waals surface area contributed by atoms with Crippen molar-refractivity contribution in [1.82, 2.24) is 9.80 Å². The number of carbonyl (C=O) groups excluding carboxylic acids is 1. The lowest BCUT2D eigenvalue weighted by Crippen LogP contribution is -2.56. The number of hydrogen-bond acceptors (Lipinski definition) is 3. The fourth-order valence-corrected chi connectivity index (χ4v) is 6.05. The zero-order valence-corrected chi connectivity index (χ0v) is 20.6. The Labute approximate surface area is 213 Å². The molecule has 186 valence electrons. The maximum absolute atomic E-state index is 14.0. The standard InChI is InChI=1S/C31H34N2O3/c34-30(29(24-13-6-2-7-14-24)25-15-8-3-9-16-25)33-20-18-27(21-28(33)31(35)36)32-19-10-17-26(22-32)23-11-4-1-5-12-23/h1-9,11-16,26-29H,10,17-22H2,(H,35,36). The summed E-state index contributed by atoms with van der Waals surface area (Å²) in [5.41, 5.74) is 3.14. The van der Waals surface area contributed by atoms with Crippen molar-refractivity contribution in [2.45, 2.75) is 49.6 Å². The van der Waals surface area contributed by atoms with Crippen LogP contribution >= 0.6 is 0 Å². The topological polar surface area (TPSA) is 60.9 Å². The summed E-state index contributed by atoms with van der Waals surface area (Å²) >= 11 is 0. The third-order valence-electron chi connectivity index (χ3n) is 7.90. The summed E-state index contributed by atoms with van der Waals surface area (Å²) in [5, 5.41) is 10.2. The van der Waals surface area contributed by atoms with Crippen molar-refractivity contribution in [2.75, 3.05) is 19.6 Å². The molecule has 5 heteroatoms. The predicted octanol–water partition coefficient (Wildman–Crippen LogP) is 5.14. The summed E-state index contributed by atoms with van der Waals surface area (Å²) in [7, 11) is 0. The monoisotopic (exact) mass is 482 g/mol. The van der Waals surface area contributed by atoms with Gasteiger partial charge in [0.1, 0.15) is 6.04 Å². The van der Waals surface area contributed by atoms with Crippen molar-refractivity contribution < 1.29 is 14.7 Å². The Bertz CT molecular complexity index is 1110. The Morgan fingerprint density at radius 2 is 1.36 bits per heavy atom. The van der Waals surface area contributed by atoms with Gasteiger partial charge in [-0.05, 0) is 54.8 Å². The number of benzene rings is 3. The number of rotatable bonds is 6. The molecule has 36 heavy (non-hydrogen) atoms. The smallest absolute Gasteiger partial charge is 0.326 e. The van der Waals surface area contributed by atoms with E-state index in [1.165, 1.54) is 5.56 Å². The van der Waals surface area contributed by atoms with Gasteiger partial charge in [0, 0.05) is 19.1 Å². The third kappa shape index (κ3) is 5.21. The van der Waals surface area contributed by atoms with Gasteiger partial charge in [-0.25, -0.2) is 4.79 Å². The summed E-state index contributed by atoms with van der Waals surface area (Å²) in [6, 6.07) is 29.4. The average Bonchev–Trinajstić information content (AvgIpc) is 2.94. The minimum atomic E-state index is -0.912. The molecule has 3 unspecified atom stereocenters. The molecule has 0 saturated carbocycles. The van der Waals surface area contributed by atoms with Gasteiger partial charge in [-0.2, -0.15) is 0 Å². The number of carboxylic acids is 1. The number of amides is 1. The van der Waals surface area contributed by atoms with Gasteiger partial charge in [0.15, 0.2) is 0 Å². The van der Waals surface area contributed by atoms with Crippen LogP contribution in [0.3, 0.4) is 0 Å². The van der Waals surface area contributed by atoms with Gasteiger partial charge in [-0.1, -0.05) is 91.0 Å². The van der Waals surface area contributed by atoms with Gasteiger partial charge in [-0.3, -0.25) is 9.69 Å². The molecule has 3 aromatic rings. The lowest BCUT2D eigenvalue weighted by molar-refractivity contribution is -0.154. The van der Waals surface area contributed by atoms with Gasteiger partial charge in [0.2, 0.25) is 5.91 Å². The fourth-order valence-electron chi connectivity index (χ4n) is 6.05. The number of likely N-dealkylation sites (tertiary alicyclic amines) is 2. The Hall–Kier alpha value is -3.44. The van der Waals surface area contributed by atoms with Gasteiger partial charge >= 0.3 is 5.97 Å². The van der Waals surface area contributed by atoms with Crippen molar-refractivity contribution in [3.63, 3.8) is 0 Å². The molecule has 2 aliphatic heterocycles. The molecule has 3 atom stereocenters. The van der Waals surface area contributed by atoms with E-state index in [0.717, 1.165) is 43.5 Å². The Kier molecular flexibility index (Phi) is 7.47. The summed E-state index contributed by atoms with van der Waals surface area (Å²) in [6.07, 6.45) is 3.54. The molecule has 2 saturated heterocycles. The Morgan fingerprint density at radius 1 is 0.778 bits per heavy atom. The first-order valence-corrected chi connectivity index (χ1v) is 13.0. The highest BCUT2D eigenvalue weighted by atomic mass is 16.4. The maximum Gasteiger partial charge on any atom is 0.326 e. The SMILES string of the molecule is O=C(O)C1CC(N2CCCC(c3ccccc3)C2)CCN1C(=O)C(c1ccccc1)c1ccccc1. The van der Waals surface area contributed by atoms with Crippen molar-refractivity contribution in [1.29, 1.82) is 0 Å². The van der Waals surface area contributed by atoms with E-state index in [1.807, 2.05) is 66.7 Å². The summed E-state index contributed by atoms with van der Waals surface area (Å²) in [6.45, 7) is 2.40. The van der Waals surface area contributed by atoms with E-state index in [2.05, 4.69) is 29.2 Å². The summed E-state index contributed by atoms with van der Waals surface area (Å²) in [4.78, 5) is 30.6. The highest BCUT2D eigenvalue weighted by molar-refractivity contribution is 5.91. The summed E-state index contributed by atoms with van der Waals surface area (Å²) < 4.78 is 0. The molecule has 0 aromatic heterocycles. The number of carbonyl (C=O) groups is 2. The van der Waals surface area contributed by atoms with Crippen LogP contribution in [0.4, 0.5) is 0 Å². The maximum atomic E-state index is 14.0. The first-order valence-electron chi connectivity index (χ1n) is 13.0. The molecular weight excluding hydrogens is 448 g/mol. The van der Waals surface area contributed by atoms with E-state index < -0.39 is 17.9 Å². The first-order chi connectivity index (χ1) is 17.6. The number of aliphatic carboxylic acids is 1. The second kappa shape index (κ2) is 11.1. The molecule has 1 N–H and O–H groups in total. The quantitative estimate of drug-likeness (QED) is 0.528. The van der Waals surface area contributed by atoms with Crippen LogP contribution in [0, 0.1) is 0 Å². The number of nitrogens with zero attached hydrogens (tertiary/aromatic N) is 2. The highest BCUT2D eigenvalue weighted by Crippen LogP contribution is 2.34. The van der Waals surface area contributed by atoms with Crippen LogP contribution in [0.2, 0.25) is 0 Å².